The highest BCUT2D eigenvalue weighted by atomic mass is 32.1. The van der Waals surface area contributed by atoms with Gasteiger partial charge in [-0.15, -0.1) is 32.9 Å². The summed E-state index contributed by atoms with van der Waals surface area (Å²) >= 11 is 3.41. The van der Waals surface area contributed by atoms with Crippen molar-refractivity contribution >= 4 is 22.7 Å². The molecular formula is C11H16N4S2. The summed E-state index contributed by atoms with van der Waals surface area (Å²) in [4.78, 5) is 7.92. The molecule has 0 unspecified atom stereocenters. The molecule has 0 aliphatic heterocycles. The van der Waals surface area contributed by atoms with Gasteiger partial charge in [-0.2, -0.15) is 0 Å². The van der Waals surface area contributed by atoms with Gasteiger partial charge in [-0.3, -0.25) is 4.90 Å². The Balaban J connectivity index is 1.82. The van der Waals surface area contributed by atoms with Gasteiger partial charge in [0, 0.05) is 11.4 Å². The summed E-state index contributed by atoms with van der Waals surface area (Å²) in [5, 5.41) is 10.3. The van der Waals surface area contributed by atoms with Gasteiger partial charge in [0.15, 0.2) is 0 Å². The number of hydrogen-bond donors (Lipinski definition) is 0. The second kappa shape index (κ2) is 5.66. The molecule has 2 aromatic heterocycles. The molecule has 0 fully saturated rings. The molecule has 0 saturated heterocycles. The van der Waals surface area contributed by atoms with Crippen molar-refractivity contribution in [2.24, 2.45) is 0 Å². The minimum atomic E-state index is 0.878. The highest BCUT2D eigenvalue weighted by molar-refractivity contribution is 7.11. The maximum absolute atomic E-state index is 4.26. The molecule has 0 saturated carbocycles. The quantitative estimate of drug-likeness (QED) is 0.834. The average Bonchev–Trinajstić information content (AvgIpc) is 2.85. The van der Waals surface area contributed by atoms with Crippen molar-refractivity contribution in [1.29, 1.82) is 0 Å². The van der Waals surface area contributed by atoms with Crippen LogP contribution in [0.2, 0.25) is 0 Å². The summed E-state index contributed by atoms with van der Waals surface area (Å²) in [6.07, 6.45) is 1.06. The Bertz CT molecular complexity index is 477. The number of thiazole rings is 1. The maximum Gasteiger partial charge on any atom is 0.131 e. The van der Waals surface area contributed by atoms with E-state index in [4.69, 9.17) is 0 Å². The van der Waals surface area contributed by atoms with Gasteiger partial charge in [-0.25, -0.2) is 4.98 Å². The molecule has 0 radical (unpaired) electrons. The predicted molar refractivity (Wildman–Crippen MR) is 71.5 cm³/mol. The molecule has 0 aliphatic carbocycles. The third kappa shape index (κ3) is 3.55. The minimum Gasteiger partial charge on any atom is -0.299 e. The molecule has 6 heteroatoms. The summed E-state index contributed by atoms with van der Waals surface area (Å²) in [6, 6.07) is 0. The molecule has 0 N–H and O–H groups in total. The topological polar surface area (TPSA) is 41.9 Å². The average molecular weight is 268 g/mol. The van der Waals surface area contributed by atoms with Crippen LogP contribution in [0.3, 0.4) is 0 Å². The molecule has 92 valence electrons. The van der Waals surface area contributed by atoms with Crippen LogP contribution in [0.5, 0.6) is 0 Å². The summed E-state index contributed by atoms with van der Waals surface area (Å²) in [7, 11) is 2.12. The summed E-state index contributed by atoms with van der Waals surface area (Å²) in [5.74, 6) is 0. The van der Waals surface area contributed by atoms with Gasteiger partial charge >= 0.3 is 0 Å². The smallest absolute Gasteiger partial charge is 0.131 e. The van der Waals surface area contributed by atoms with Gasteiger partial charge in [-0.1, -0.05) is 0 Å². The van der Waals surface area contributed by atoms with E-state index < -0.39 is 0 Å². The van der Waals surface area contributed by atoms with Gasteiger partial charge in [0.2, 0.25) is 0 Å². The van der Waals surface area contributed by atoms with Crippen LogP contribution in [0.4, 0.5) is 0 Å². The van der Waals surface area contributed by atoms with Crippen molar-refractivity contribution in [1.82, 2.24) is 20.1 Å². The lowest BCUT2D eigenvalue weighted by Crippen LogP contribution is -2.20. The second-order valence-corrected chi connectivity index (χ2v) is 6.27. The summed E-state index contributed by atoms with van der Waals surface area (Å²) in [6.45, 7) is 5.97. The van der Waals surface area contributed by atoms with Gasteiger partial charge in [-0.05, 0) is 27.3 Å². The molecule has 2 aromatic rings. The monoisotopic (exact) mass is 268 g/mol. The fourth-order valence-corrected chi connectivity index (χ4v) is 3.13. The third-order valence-corrected chi connectivity index (χ3v) is 4.36. The standard InChI is InChI=1S/C11H16N4S2/c1-8-10(16-7-12-8)4-5-15(3)6-11-14-13-9(2)17-11/h7H,4-6H2,1-3H3. The van der Waals surface area contributed by atoms with E-state index in [-0.39, 0.29) is 0 Å². The normalized spacial score (nSPS) is 11.3. The van der Waals surface area contributed by atoms with Gasteiger partial charge in [0.05, 0.1) is 17.7 Å². The van der Waals surface area contributed by atoms with Crippen LogP contribution >= 0.6 is 22.7 Å². The molecule has 0 atom stereocenters. The molecule has 2 heterocycles. The van der Waals surface area contributed by atoms with E-state index in [0.29, 0.717) is 0 Å². The Kier molecular flexibility index (Phi) is 4.20. The van der Waals surface area contributed by atoms with Gasteiger partial charge in [0.25, 0.3) is 0 Å². The predicted octanol–water partition coefficient (Wildman–Crippen LogP) is 2.29. The number of aromatic nitrogens is 3. The van der Waals surface area contributed by atoms with E-state index in [2.05, 4.69) is 34.1 Å². The van der Waals surface area contributed by atoms with Gasteiger partial charge < -0.3 is 0 Å². The zero-order valence-corrected chi connectivity index (χ0v) is 11.9. The highest BCUT2D eigenvalue weighted by Crippen LogP contribution is 2.14. The van der Waals surface area contributed by atoms with Crippen LogP contribution in [0.1, 0.15) is 20.6 Å². The van der Waals surface area contributed by atoms with E-state index in [1.165, 1.54) is 4.88 Å². The van der Waals surface area contributed by atoms with Crippen molar-refractivity contribution in [2.45, 2.75) is 26.8 Å². The number of hydrogen-bond acceptors (Lipinski definition) is 6. The van der Waals surface area contributed by atoms with Crippen molar-refractivity contribution in [3.8, 4) is 0 Å². The van der Waals surface area contributed by atoms with Crippen LogP contribution in [0.15, 0.2) is 5.51 Å². The third-order valence-electron chi connectivity index (χ3n) is 2.54. The molecule has 17 heavy (non-hydrogen) atoms. The van der Waals surface area contributed by atoms with Crippen molar-refractivity contribution in [3.05, 3.63) is 26.1 Å². The Hall–Kier alpha value is -0.850. The number of nitrogens with zero attached hydrogens (tertiary/aromatic N) is 4. The minimum absolute atomic E-state index is 0.878. The Morgan fingerprint density at radius 2 is 2.12 bits per heavy atom. The number of likely N-dealkylation sites (N-methyl/N-ethyl adjacent to an activating group) is 1. The molecular weight excluding hydrogens is 252 g/mol. The van der Waals surface area contributed by atoms with Crippen LogP contribution in [-0.2, 0) is 13.0 Å². The SMILES string of the molecule is Cc1nnc(CN(C)CCc2scnc2C)s1. The molecule has 0 bridgehead atoms. The number of rotatable bonds is 5. The first kappa shape index (κ1) is 12.6. The van der Waals surface area contributed by atoms with Crippen molar-refractivity contribution in [2.75, 3.05) is 13.6 Å². The largest absolute Gasteiger partial charge is 0.299 e. The van der Waals surface area contributed by atoms with Crippen molar-refractivity contribution in [3.63, 3.8) is 0 Å². The first-order valence-electron chi connectivity index (χ1n) is 5.51. The second-order valence-electron chi connectivity index (χ2n) is 4.06. The zero-order chi connectivity index (χ0) is 12.3. The summed E-state index contributed by atoms with van der Waals surface area (Å²) < 4.78 is 0. The maximum atomic E-state index is 4.26. The van der Waals surface area contributed by atoms with E-state index >= 15 is 0 Å². The molecule has 0 aliphatic rings. The van der Waals surface area contributed by atoms with Crippen molar-refractivity contribution < 1.29 is 0 Å². The lowest BCUT2D eigenvalue weighted by molar-refractivity contribution is 0.330. The van der Waals surface area contributed by atoms with E-state index in [1.54, 1.807) is 22.7 Å². The van der Waals surface area contributed by atoms with Crippen LogP contribution in [0.25, 0.3) is 0 Å². The highest BCUT2D eigenvalue weighted by Gasteiger charge is 2.07. The Labute approximate surface area is 109 Å². The Morgan fingerprint density at radius 1 is 1.29 bits per heavy atom. The van der Waals surface area contributed by atoms with E-state index in [9.17, 15) is 0 Å². The van der Waals surface area contributed by atoms with Gasteiger partial charge in [0.1, 0.15) is 10.0 Å². The fourth-order valence-electron chi connectivity index (χ4n) is 1.57. The molecule has 0 aromatic carbocycles. The molecule has 4 nitrogen and oxygen atoms in total. The number of aryl methyl sites for hydroxylation is 2. The van der Waals surface area contributed by atoms with Crippen LogP contribution in [0, 0.1) is 13.8 Å². The lowest BCUT2D eigenvalue weighted by Gasteiger charge is -2.13. The van der Waals surface area contributed by atoms with E-state index in [0.717, 1.165) is 35.2 Å². The fraction of sp³-hybridized carbons (Fsp3) is 0.545. The molecule has 0 spiro atoms. The first-order chi connectivity index (χ1) is 8.15. The Morgan fingerprint density at radius 3 is 2.71 bits per heavy atom. The molecule has 2 rings (SSSR count). The molecule has 0 amide bonds. The van der Waals surface area contributed by atoms with Crippen LogP contribution in [-0.4, -0.2) is 33.7 Å². The van der Waals surface area contributed by atoms with E-state index in [1.807, 2.05) is 12.4 Å². The first-order valence-corrected chi connectivity index (χ1v) is 7.21. The summed E-state index contributed by atoms with van der Waals surface area (Å²) in [5.41, 5.74) is 3.08. The zero-order valence-electron chi connectivity index (χ0n) is 10.3. The lowest BCUT2D eigenvalue weighted by atomic mass is 10.3. The van der Waals surface area contributed by atoms with Crippen LogP contribution < -0.4 is 0 Å².